The lowest BCUT2D eigenvalue weighted by Crippen LogP contribution is -2.49. The largest absolute Gasteiger partial charge is 0.495 e. The van der Waals surface area contributed by atoms with Gasteiger partial charge < -0.3 is 29.6 Å². The van der Waals surface area contributed by atoms with E-state index in [0.29, 0.717) is 22.3 Å². The number of nitrogens with zero attached hydrogens (tertiary/aromatic N) is 2. The maximum Gasteiger partial charge on any atom is 0.406 e. The summed E-state index contributed by atoms with van der Waals surface area (Å²) in [6, 6.07) is 11.4. The van der Waals surface area contributed by atoms with Gasteiger partial charge in [0.2, 0.25) is 0 Å². The van der Waals surface area contributed by atoms with Crippen LogP contribution in [0.3, 0.4) is 0 Å². The highest BCUT2D eigenvalue weighted by molar-refractivity contribution is 7.90. The standard InChI is InChI=1S/C28H33F3N4O4S/c1-34-14-12-24(27(17-34)39-3)33-22-8-5-9-25-21(22)15-19(35(25)18-28(29,30)31)7-6-13-32-23-11-10-20(40(4,36)37)16-26(23)38-2/h5,8-11,15-16,24,27,32-33H,12-14,17-18H2,1-4H3/t24-,27+/m0/s1. The molecule has 0 unspecified atom stereocenters. The van der Waals surface area contributed by atoms with Gasteiger partial charge in [0.15, 0.2) is 9.84 Å². The van der Waals surface area contributed by atoms with Gasteiger partial charge in [-0.25, -0.2) is 8.42 Å². The first-order valence-corrected chi connectivity index (χ1v) is 14.6. The fraction of sp³-hybridized carbons (Fsp3) is 0.429. The van der Waals surface area contributed by atoms with E-state index in [1.165, 1.54) is 23.8 Å². The van der Waals surface area contributed by atoms with Crippen LogP contribution in [-0.2, 0) is 21.1 Å². The van der Waals surface area contributed by atoms with Crippen molar-refractivity contribution >= 4 is 32.1 Å². The molecule has 1 aliphatic heterocycles. The second-order valence-corrected chi connectivity index (χ2v) is 11.9. The quantitative estimate of drug-likeness (QED) is 0.388. The van der Waals surface area contributed by atoms with Crippen LogP contribution in [0.1, 0.15) is 12.1 Å². The van der Waals surface area contributed by atoms with Crippen molar-refractivity contribution in [1.82, 2.24) is 9.47 Å². The van der Waals surface area contributed by atoms with Gasteiger partial charge in [-0.05, 0) is 56.3 Å². The summed E-state index contributed by atoms with van der Waals surface area (Å²) in [4.78, 5) is 2.29. The van der Waals surface area contributed by atoms with Crippen molar-refractivity contribution < 1.29 is 31.1 Å². The van der Waals surface area contributed by atoms with Crippen molar-refractivity contribution in [1.29, 1.82) is 0 Å². The molecule has 1 aromatic heterocycles. The summed E-state index contributed by atoms with van der Waals surface area (Å²) in [7, 11) is 1.70. The SMILES string of the molecule is COc1cc(S(C)(=O)=O)ccc1NCC#Cc1cc2c(N[C@H]3CCN(C)C[C@H]3OC)cccc2n1CC(F)(F)F. The number of rotatable bonds is 8. The van der Waals surface area contributed by atoms with E-state index in [1.807, 2.05) is 13.1 Å². The Morgan fingerprint density at radius 1 is 1.12 bits per heavy atom. The number of methoxy groups -OCH3 is 2. The third-order valence-electron chi connectivity index (χ3n) is 6.87. The molecule has 0 saturated carbocycles. The summed E-state index contributed by atoms with van der Waals surface area (Å²) >= 11 is 0. The zero-order valence-electron chi connectivity index (χ0n) is 22.8. The van der Waals surface area contributed by atoms with E-state index < -0.39 is 22.6 Å². The number of hydrogen-bond donors (Lipinski definition) is 2. The van der Waals surface area contributed by atoms with Gasteiger partial charge in [0.1, 0.15) is 12.3 Å². The lowest BCUT2D eigenvalue weighted by atomic mass is 10.0. The van der Waals surface area contributed by atoms with Gasteiger partial charge in [-0.2, -0.15) is 13.2 Å². The van der Waals surface area contributed by atoms with Crippen LogP contribution < -0.4 is 15.4 Å². The van der Waals surface area contributed by atoms with E-state index in [1.54, 1.807) is 31.4 Å². The summed E-state index contributed by atoms with van der Waals surface area (Å²) in [5.41, 5.74) is 1.90. The van der Waals surface area contributed by atoms with E-state index in [9.17, 15) is 21.6 Å². The molecule has 216 valence electrons. The third-order valence-corrected chi connectivity index (χ3v) is 7.98. The molecular formula is C28H33F3N4O4S. The minimum absolute atomic E-state index is 0.0144. The van der Waals surface area contributed by atoms with Crippen molar-refractivity contribution in [3.8, 4) is 17.6 Å². The molecule has 12 heteroatoms. The number of aromatic nitrogens is 1. The Kier molecular flexibility index (Phi) is 8.87. The van der Waals surface area contributed by atoms with Crippen molar-refractivity contribution in [2.75, 3.05) is 57.8 Å². The van der Waals surface area contributed by atoms with Crippen molar-refractivity contribution in [3.05, 3.63) is 48.2 Å². The van der Waals surface area contributed by atoms with E-state index in [0.717, 1.165) is 31.5 Å². The molecule has 2 atom stereocenters. The Labute approximate surface area is 232 Å². The number of likely N-dealkylation sites (tertiary alicyclic amines) is 1. The predicted molar refractivity (Wildman–Crippen MR) is 150 cm³/mol. The molecule has 40 heavy (non-hydrogen) atoms. The van der Waals surface area contributed by atoms with Crippen LogP contribution in [0.4, 0.5) is 24.5 Å². The minimum Gasteiger partial charge on any atom is -0.495 e. The number of anilines is 2. The molecule has 1 saturated heterocycles. The maximum absolute atomic E-state index is 13.6. The Hall–Kier alpha value is -3.40. The Balaban J connectivity index is 1.61. The molecule has 0 radical (unpaired) electrons. The van der Waals surface area contributed by atoms with Gasteiger partial charge >= 0.3 is 6.18 Å². The number of nitrogens with one attached hydrogen (secondary N) is 2. The van der Waals surface area contributed by atoms with Crippen molar-refractivity contribution in [2.24, 2.45) is 0 Å². The van der Waals surface area contributed by atoms with E-state index in [-0.39, 0.29) is 29.3 Å². The summed E-state index contributed by atoms with van der Waals surface area (Å²) in [5, 5.41) is 7.19. The molecule has 2 N–H and O–H groups in total. The second-order valence-electron chi connectivity index (χ2n) is 9.83. The highest BCUT2D eigenvalue weighted by Crippen LogP contribution is 2.32. The number of piperidine rings is 1. The van der Waals surface area contributed by atoms with E-state index in [2.05, 4.69) is 27.4 Å². The minimum atomic E-state index is -4.44. The molecule has 1 aliphatic rings. The second kappa shape index (κ2) is 12.0. The normalized spacial score (nSPS) is 18.3. The molecule has 2 aromatic carbocycles. The smallest absolute Gasteiger partial charge is 0.406 e. The third kappa shape index (κ3) is 7.02. The van der Waals surface area contributed by atoms with Gasteiger partial charge in [0.25, 0.3) is 0 Å². The van der Waals surface area contributed by atoms with Gasteiger partial charge in [-0.1, -0.05) is 12.0 Å². The number of ether oxygens (including phenoxy) is 2. The molecular weight excluding hydrogens is 545 g/mol. The molecule has 0 bridgehead atoms. The van der Waals surface area contributed by atoms with Gasteiger partial charge in [0.05, 0.1) is 47.6 Å². The molecule has 0 aliphatic carbocycles. The molecule has 3 aromatic rings. The number of halogens is 3. The lowest BCUT2D eigenvalue weighted by Gasteiger charge is -2.36. The van der Waals surface area contributed by atoms with Crippen LogP contribution in [0.15, 0.2) is 47.4 Å². The Morgan fingerprint density at radius 2 is 1.90 bits per heavy atom. The van der Waals surface area contributed by atoms with Crippen LogP contribution in [0.5, 0.6) is 5.75 Å². The van der Waals surface area contributed by atoms with Gasteiger partial charge in [-0.3, -0.25) is 0 Å². The summed E-state index contributed by atoms with van der Waals surface area (Å²) in [6.45, 7) is 0.560. The highest BCUT2D eigenvalue weighted by Gasteiger charge is 2.31. The number of benzene rings is 2. The number of sulfone groups is 1. The molecule has 4 rings (SSSR count). The van der Waals surface area contributed by atoms with Crippen LogP contribution in [0, 0.1) is 11.8 Å². The van der Waals surface area contributed by atoms with Crippen LogP contribution in [0.2, 0.25) is 0 Å². The molecule has 8 nitrogen and oxygen atoms in total. The lowest BCUT2D eigenvalue weighted by molar-refractivity contribution is -0.140. The Morgan fingerprint density at radius 3 is 2.58 bits per heavy atom. The molecule has 0 amide bonds. The first-order chi connectivity index (χ1) is 18.9. The summed E-state index contributed by atoms with van der Waals surface area (Å²) in [5.74, 6) is 6.08. The average Bonchev–Trinajstić information content (AvgIpc) is 3.23. The van der Waals surface area contributed by atoms with Crippen LogP contribution in [-0.4, -0.2) is 83.4 Å². The zero-order valence-corrected chi connectivity index (χ0v) is 23.6. The maximum atomic E-state index is 13.6. The molecule has 0 spiro atoms. The molecule has 2 heterocycles. The monoisotopic (exact) mass is 578 g/mol. The summed E-state index contributed by atoms with van der Waals surface area (Å²) < 4.78 is 76.5. The van der Waals surface area contributed by atoms with Crippen LogP contribution in [0.25, 0.3) is 10.9 Å². The number of alkyl halides is 3. The van der Waals surface area contributed by atoms with Crippen molar-refractivity contribution in [3.63, 3.8) is 0 Å². The van der Waals surface area contributed by atoms with E-state index >= 15 is 0 Å². The van der Waals surface area contributed by atoms with E-state index in [4.69, 9.17) is 9.47 Å². The van der Waals surface area contributed by atoms with Crippen molar-refractivity contribution in [2.45, 2.75) is 36.2 Å². The van der Waals surface area contributed by atoms with Crippen LogP contribution >= 0.6 is 0 Å². The average molecular weight is 579 g/mol. The first-order valence-electron chi connectivity index (χ1n) is 12.7. The predicted octanol–water partition coefficient (Wildman–Crippen LogP) is 4.21. The fourth-order valence-corrected chi connectivity index (χ4v) is 5.50. The molecule has 1 fully saturated rings. The number of likely N-dealkylation sites (N-methyl/N-ethyl adjacent to an activating group) is 1. The Bertz CT molecular complexity index is 1530. The highest BCUT2D eigenvalue weighted by atomic mass is 32.2. The number of hydrogen-bond acceptors (Lipinski definition) is 7. The van der Waals surface area contributed by atoms with Gasteiger partial charge in [-0.15, -0.1) is 0 Å². The topological polar surface area (TPSA) is 84.8 Å². The fourth-order valence-electron chi connectivity index (χ4n) is 4.86. The van der Waals surface area contributed by atoms with Gasteiger partial charge in [0, 0.05) is 37.1 Å². The zero-order chi connectivity index (χ0) is 29.1. The number of fused-ring (bicyclic) bond motifs is 1. The first kappa shape index (κ1) is 29.6. The summed E-state index contributed by atoms with van der Waals surface area (Å²) in [6.07, 6.45) is -2.55.